The molecule has 1 fully saturated rings. The van der Waals surface area contributed by atoms with Crippen molar-refractivity contribution in [2.45, 2.75) is 57.9 Å². The molecule has 5 nitrogen and oxygen atoms in total. The van der Waals surface area contributed by atoms with Crippen LogP contribution in [-0.4, -0.2) is 30.3 Å². The van der Waals surface area contributed by atoms with E-state index in [9.17, 15) is 14.4 Å². The Kier molecular flexibility index (Phi) is 8.46. The topological polar surface area (TPSA) is 72.5 Å². The third-order valence-corrected chi connectivity index (χ3v) is 6.31. The van der Waals surface area contributed by atoms with Crippen LogP contribution in [0.15, 0.2) is 48.5 Å². The number of halogens is 1. The molecular weight excluding hydrogens is 426 g/mol. The Morgan fingerprint density at radius 3 is 2.28 bits per heavy atom. The molecule has 1 unspecified atom stereocenters. The molecular formula is C26H30ClNO4. The number of nitrogens with one attached hydrogen (secondary N) is 1. The first kappa shape index (κ1) is 24.0. The number of ketones is 1. The molecule has 0 aliphatic heterocycles. The lowest BCUT2D eigenvalue weighted by Gasteiger charge is -2.22. The number of Topliss-reactive ketones (excluding diaryl/α,β-unsaturated/α-hetero) is 1. The molecule has 0 spiro atoms. The van der Waals surface area contributed by atoms with Gasteiger partial charge in [0, 0.05) is 5.56 Å². The summed E-state index contributed by atoms with van der Waals surface area (Å²) in [4.78, 5) is 37.7. The van der Waals surface area contributed by atoms with Crippen molar-refractivity contribution >= 4 is 29.3 Å². The summed E-state index contributed by atoms with van der Waals surface area (Å²) in [6.45, 7) is 3.22. The minimum Gasteiger partial charge on any atom is -0.456 e. The number of carbonyl (C=O) groups excluding carboxylic acids is 3. The number of hydrogen-bond acceptors (Lipinski definition) is 4. The van der Waals surface area contributed by atoms with Gasteiger partial charge in [0.2, 0.25) is 0 Å². The zero-order valence-corrected chi connectivity index (χ0v) is 19.4. The maximum atomic E-state index is 12.6. The Morgan fingerprint density at radius 1 is 1.00 bits per heavy atom. The summed E-state index contributed by atoms with van der Waals surface area (Å²) in [5.41, 5.74) is 2.06. The molecule has 1 N–H and O–H groups in total. The van der Waals surface area contributed by atoms with Crippen molar-refractivity contribution in [2.75, 3.05) is 6.61 Å². The highest BCUT2D eigenvalue weighted by molar-refractivity contribution is 6.33. The monoisotopic (exact) mass is 455 g/mol. The van der Waals surface area contributed by atoms with E-state index in [1.807, 2.05) is 12.1 Å². The highest BCUT2D eigenvalue weighted by Crippen LogP contribution is 2.32. The molecule has 3 rings (SSSR count). The summed E-state index contributed by atoms with van der Waals surface area (Å²) in [7, 11) is 0. The SMILES string of the molecule is CC(C)C(NC(=O)c1ccccc1Cl)C(=O)OCC(=O)c1ccc(C2CCCCC2)cc1. The molecule has 6 heteroatoms. The smallest absolute Gasteiger partial charge is 0.329 e. The van der Waals surface area contributed by atoms with E-state index >= 15 is 0 Å². The van der Waals surface area contributed by atoms with Gasteiger partial charge in [-0.15, -0.1) is 0 Å². The number of benzene rings is 2. The molecule has 1 aliphatic rings. The molecule has 1 atom stereocenters. The van der Waals surface area contributed by atoms with Gasteiger partial charge in [-0.05, 0) is 42.4 Å². The van der Waals surface area contributed by atoms with Gasteiger partial charge in [0.15, 0.2) is 12.4 Å². The minimum absolute atomic E-state index is 0.223. The van der Waals surface area contributed by atoms with Crippen molar-refractivity contribution in [1.82, 2.24) is 5.32 Å². The van der Waals surface area contributed by atoms with Gasteiger partial charge in [-0.2, -0.15) is 0 Å². The van der Waals surface area contributed by atoms with E-state index in [2.05, 4.69) is 5.32 Å². The third kappa shape index (κ3) is 6.19. The Balaban J connectivity index is 1.56. The second-order valence-corrected chi connectivity index (χ2v) is 9.07. The summed E-state index contributed by atoms with van der Waals surface area (Å²) in [5.74, 6) is -1.03. The number of esters is 1. The van der Waals surface area contributed by atoms with E-state index in [4.69, 9.17) is 16.3 Å². The Labute approximate surface area is 194 Å². The second kappa shape index (κ2) is 11.3. The van der Waals surface area contributed by atoms with Crippen LogP contribution in [0.4, 0.5) is 0 Å². The number of hydrogen-bond donors (Lipinski definition) is 1. The Hall–Kier alpha value is -2.66. The average molecular weight is 456 g/mol. The first-order chi connectivity index (χ1) is 15.4. The molecule has 0 saturated heterocycles. The van der Waals surface area contributed by atoms with Gasteiger partial charge >= 0.3 is 5.97 Å². The van der Waals surface area contributed by atoms with Crippen molar-refractivity contribution in [2.24, 2.45) is 5.92 Å². The van der Waals surface area contributed by atoms with Crippen LogP contribution in [0.1, 0.15) is 78.1 Å². The third-order valence-electron chi connectivity index (χ3n) is 5.98. The average Bonchev–Trinajstić information content (AvgIpc) is 2.81. The summed E-state index contributed by atoms with van der Waals surface area (Å²) in [5, 5.41) is 2.97. The molecule has 1 amide bonds. The number of rotatable bonds is 8. The molecule has 0 radical (unpaired) electrons. The van der Waals surface area contributed by atoms with Crippen LogP contribution in [0.5, 0.6) is 0 Å². The molecule has 0 aromatic heterocycles. The quantitative estimate of drug-likeness (QED) is 0.417. The van der Waals surface area contributed by atoms with Crippen molar-refractivity contribution in [3.63, 3.8) is 0 Å². The fourth-order valence-corrected chi connectivity index (χ4v) is 4.27. The van der Waals surface area contributed by atoms with Gasteiger partial charge in [-0.1, -0.05) is 81.1 Å². The Bertz CT molecular complexity index is 949. The zero-order valence-electron chi connectivity index (χ0n) is 18.6. The van der Waals surface area contributed by atoms with Crippen LogP contribution in [-0.2, 0) is 9.53 Å². The standard InChI is InChI=1S/C26H30ClNO4/c1-17(2)24(28-25(30)21-10-6-7-11-22(21)27)26(31)32-16-23(29)20-14-12-19(13-15-20)18-8-4-3-5-9-18/h6-7,10-15,17-18,24H,3-5,8-9,16H2,1-2H3,(H,28,30). The summed E-state index contributed by atoms with van der Waals surface area (Å²) >= 11 is 6.07. The lowest BCUT2D eigenvalue weighted by molar-refractivity contribution is -0.145. The van der Waals surface area contributed by atoms with Gasteiger partial charge < -0.3 is 10.1 Å². The van der Waals surface area contributed by atoms with Gasteiger partial charge in [0.1, 0.15) is 6.04 Å². The molecule has 1 aliphatic carbocycles. The first-order valence-electron chi connectivity index (χ1n) is 11.2. The summed E-state index contributed by atoms with van der Waals surface area (Å²) in [6, 6.07) is 13.3. The van der Waals surface area contributed by atoms with Gasteiger partial charge in [-0.25, -0.2) is 4.79 Å². The second-order valence-electron chi connectivity index (χ2n) is 8.66. The van der Waals surface area contributed by atoms with Crippen molar-refractivity contribution < 1.29 is 19.1 Å². The van der Waals surface area contributed by atoms with Crippen molar-refractivity contribution in [3.8, 4) is 0 Å². The van der Waals surface area contributed by atoms with Gasteiger partial charge in [0.25, 0.3) is 5.91 Å². The van der Waals surface area contributed by atoms with E-state index in [-0.39, 0.29) is 23.9 Å². The van der Waals surface area contributed by atoms with Crippen LogP contribution in [0.2, 0.25) is 5.02 Å². The molecule has 170 valence electrons. The normalized spacial score (nSPS) is 15.2. The van der Waals surface area contributed by atoms with Crippen LogP contribution in [0.25, 0.3) is 0 Å². The summed E-state index contributed by atoms with van der Waals surface area (Å²) in [6.07, 6.45) is 6.20. The first-order valence-corrected chi connectivity index (χ1v) is 11.6. The van der Waals surface area contributed by atoms with Gasteiger partial charge in [0.05, 0.1) is 10.6 Å². The van der Waals surface area contributed by atoms with Crippen LogP contribution >= 0.6 is 11.6 Å². The van der Waals surface area contributed by atoms with Crippen molar-refractivity contribution in [3.05, 3.63) is 70.2 Å². The largest absolute Gasteiger partial charge is 0.456 e. The van der Waals surface area contributed by atoms with Crippen LogP contribution < -0.4 is 5.32 Å². The van der Waals surface area contributed by atoms with E-state index in [0.29, 0.717) is 16.5 Å². The molecule has 2 aromatic carbocycles. The predicted molar refractivity (Wildman–Crippen MR) is 125 cm³/mol. The maximum absolute atomic E-state index is 12.6. The Morgan fingerprint density at radius 2 is 1.66 bits per heavy atom. The van der Waals surface area contributed by atoms with E-state index in [0.717, 1.165) is 0 Å². The maximum Gasteiger partial charge on any atom is 0.329 e. The lowest BCUT2D eigenvalue weighted by atomic mass is 9.84. The fraction of sp³-hybridized carbons (Fsp3) is 0.423. The van der Waals surface area contributed by atoms with Crippen LogP contribution in [0.3, 0.4) is 0 Å². The van der Waals surface area contributed by atoms with E-state index in [1.54, 1.807) is 50.2 Å². The molecule has 0 bridgehead atoms. The fourth-order valence-electron chi connectivity index (χ4n) is 4.05. The van der Waals surface area contributed by atoms with Crippen molar-refractivity contribution in [1.29, 1.82) is 0 Å². The highest BCUT2D eigenvalue weighted by Gasteiger charge is 2.27. The predicted octanol–water partition coefficient (Wildman–Crippen LogP) is 5.57. The van der Waals surface area contributed by atoms with E-state index < -0.39 is 17.9 Å². The molecule has 2 aromatic rings. The summed E-state index contributed by atoms with van der Waals surface area (Å²) < 4.78 is 5.26. The van der Waals surface area contributed by atoms with E-state index in [1.165, 1.54) is 37.7 Å². The molecule has 0 heterocycles. The number of amides is 1. The highest BCUT2D eigenvalue weighted by atomic mass is 35.5. The van der Waals surface area contributed by atoms with Gasteiger partial charge in [-0.3, -0.25) is 9.59 Å². The zero-order chi connectivity index (χ0) is 23.1. The lowest BCUT2D eigenvalue weighted by Crippen LogP contribution is -2.45. The number of carbonyl (C=O) groups is 3. The minimum atomic E-state index is -0.889. The molecule has 1 saturated carbocycles. The molecule has 32 heavy (non-hydrogen) atoms. The number of ether oxygens (including phenoxy) is 1. The van der Waals surface area contributed by atoms with Crippen LogP contribution in [0, 0.1) is 5.92 Å².